The highest BCUT2D eigenvalue weighted by molar-refractivity contribution is 5.89. The maximum Gasteiger partial charge on any atom is 0.244 e. The molecule has 1 heterocycles. The third-order valence-electron chi connectivity index (χ3n) is 3.83. The average molecular weight is 240 g/mol. The van der Waals surface area contributed by atoms with Crippen LogP contribution < -0.4 is 5.32 Å². The molecular weight excluding hydrogens is 216 g/mol. The summed E-state index contributed by atoms with van der Waals surface area (Å²) in [6.45, 7) is 11.6. The van der Waals surface area contributed by atoms with Gasteiger partial charge in [-0.15, -0.1) is 0 Å². The van der Waals surface area contributed by atoms with E-state index in [1.807, 2.05) is 4.90 Å². The summed E-state index contributed by atoms with van der Waals surface area (Å²) in [7, 11) is 0. The van der Waals surface area contributed by atoms with Crippen LogP contribution in [-0.2, 0) is 9.59 Å². The van der Waals surface area contributed by atoms with Crippen LogP contribution in [0.4, 0.5) is 0 Å². The Kier molecular flexibility index (Phi) is 4.17. The summed E-state index contributed by atoms with van der Waals surface area (Å²) in [4.78, 5) is 25.3. The second-order valence-corrected chi connectivity index (χ2v) is 5.94. The standard InChI is InChI=1S/C13H24N2O2/c1-9(2)13(4,5)8-15-7-6-11(16)14-10(3)12(15)17/h9-10H,6-8H2,1-5H3,(H,14,16). The lowest BCUT2D eigenvalue weighted by molar-refractivity contribution is -0.134. The van der Waals surface area contributed by atoms with E-state index in [1.165, 1.54) is 0 Å². The first kappa shape index (κ1) is 14.0. The largest absolute Gasteiger partial charge is 0.345 e. The molecule has 0 aliphatic carbocycles. The lowest BCUT2D eigenvalue weighted by atomic mass is 9.80. The zero-order valence-corrected chi connectivity index (χ0v) is 11.5. The number of carbonyl (C=O) groups is 2. The molecule has 98 valence electrons. The molecule has 1 rings (SSSR count). The van der Waals surface area contributed by atoms with Crippen molar-refractivity contribution in [1.82, 2.24) is 10.2 Å². The molecule has 0 radical (unpaired) electrons. The van der Waals surface area contributed by atoms with E-state index in [0.29, 0.717) is 25.4 Å². The molecule has 17 heavy (non-hydrogen) atoms. The van der Waals surface area contributed by atoms with Gasteiger partial charge in [-0.25, -0.2) is 0 Å². The fourth-order valence-corrected chi connectivity index (χ4v) is 1.83. The number of carbonyl (C=O) groups excluding carboxylic acids is 2. The van der Waals surface area contributed by atoms with Crippen LogP contribution in [0.25, 0.3) is 0 Å². The molecule has 0 aromatic carbocycles. The summed E-state index contributed by atoms with van der Waals surface area (Å²) in [5.74, 6) is 0.498. The molecule has 4 heteroatoms. The van der Waals surface area contributed by atoms with Crippen molar-refractivity contribution < 1.29 is 9.59 Å². The molecule has 1 aliphatic heterocycles. The second-order valence-electron chi connectivity index (χ2n) is 5.94. The van der Waals surface area contributed by atoms with Gasteiger partial charge in [0.25, 0.3) is 0 Å². The van der Waals surface area contributed by atoms with Crippen LogP contribution in [0.15, 0.2) is 0 Å². The first-order valence-corrected chi connectivity index (χ1v) is 6.32. The van der Waals surface area contributed by atoms with Crippen LogP contribution in [0.3, 0.4) is 0 Å². The van der Waals surface area contributed by atoms with E-state index in [2.05, 4.69) is 33.0 Å². The normalized spacial score (nSPS) is 22.7. The maximum absolute atomic E-state index is 12.1. The highest BCUT2D eigenvalue weighted by Crippen LogP contribution is 2.27. The van der Waals surface area contributed by atoms with Crippen molar-refractivity contribution in [3.05, 3.63) is 0 Å². The van der Waals surface area contributed by atoms with E-state index in [4.69, 9.17) is 0 Å². The minimum Gasteiger partial charge on any atom is -0.345 e. The highest BCUT2D eigenvalue weighted by Gasteiger charge is 2.32. The third-order valence-corrected chi connectivity index (χ3v) is 3.83. The van der Waals surface area contributed by atoms with Crippen LogP contribution in [0.1, 0.15) is 41.0 Å². The Bertz CT molecular complexity index is 311. The number of hydrogen-bond acceptors (Lipinski definition) is 2. The fraction of sp³-hybridized carbons (Fsp3) is 0.846. The van der Waals surface area contributed by atoms with Crippen molar-refractivity contribution >= 4 is 11.8 Å². The molecule has 4 nitrogen and oxygen atoms in total. The smallest absolute Gasteiger partial charge is 0.244 e. The van der Waals surface area contributed by atoms with E-state index in [-0.39, 0.29) is 17.2 Å². The van der Waals surface area contributed by atoms with E-state index >= 15 is 0 Å². The van der Waals surface area contributed by atoms with Crippen LogP contribution in [0, 0.1) is 11.3 Å². The van der Waals surface area contributed by atoms with Gasteiger partial charge in [-0.2, -0.15) is 0 Å². The summed E-state index contributed by atoms with van der Waals surface area (Å²) in [6.07, 6.45) is 0.407. The zero-order chi connectivity index (χ0) is 13.2. The van der Waals surface area contributed by atoms with Crippen LogP contribution in [0.2, 0.25) is 0 Å². The van der Waals surface area contributed by atoms with E-state index in [1.54, 1.807) is 6.92 Å². The number of amides is 2. The van der Waals surface area contributed by atoms with Crippen LogP contribution >= 0.6 is 0 Å². The predicted octanol–water partition coefficient (Wildman–Crippen LogP) is 1.41. The molecule has 0 bridgehead atoms. The number of nitrogens with zero attached hydrogens (tertiary/aromatic N) is 1. The summed E-state index contributed by atoms with van der Waals surface area (Å²) < 4.78 is 0. The molecule has 1 atom stereocenters. The third kappa shape index (κ3) is 3.45. The van der Waals surface area contributed by atoms with Crippen molar-refractivity contribution in [3.8, 4) is 0 Å². The molecule has 1 aliphatic rings. The lowest BCUT2D eigenvalue weighted by Crippen LogP contribution is -2.46. The Balaban J connectivity index is 2.76. The molecule has 0 spiro atoms. The summed E-state index contributed by atoms with van der Waals surface area (Å²) in [5, 5.41) is 2.71. The number of nitrogens with one attached hydrogen (secondary N) is 1. The minimum atomic E-state index is -0.395. The van der Waals surface area contributed by atoms with Crippen molar-refractivity contribution in [1.29, 1.82) is 0 Å². The molecule has 0 aromatic rings. The fourth-order valence-electron chi connectivity index (χ4n) is 1.83. The van der Waals surface area contributed by atoms with Gasteiger partial charge in [0.05, 0.1) is 0 Å². The first-order valence-electron chi connectivity index (χ1n) is 6.32. The molecular formula is C13H24N2O2. The first-order chi connectivity index (χ1) is 7.74. The van der Waals surface area contributed by atoms with Gasteiger partial charge in [0.1, 0.15) is 6.04 Å². The molecule has 0 saturated carbocycles. The van der Waals surface area contributed by atoms with E-state index < -0.39 is 6.04 Å². The number of rotatable bonds is 3. The second kappa shape index (κ2) is 5.07. The Hall–Kier alpha value is -1.06. The van der Waals surface area contributed by atoms with Gasteiger partial charge in [-0.05, 0) is 18.3 Å². The lowest BCUT2D eigenvalue weighted by Gasteiger charge is -2.35. The molecule has 0 aromatic heterocycles. The Morgan fingerprint density at radius 3 is 2.53 bits per heavy atom. The minimum absolute atomic E-state index is 0.0318. The molecule has 1 N–H and O–H groups in total. The predicted molar refractivity (Wildman–Crippen MR) is 67.4 cm³/mol. The topological polar surface area (TPSA) is 49.4 Å². The van der Waals surface area contributed by atoms with Crippen molar-refractivity contribution in [2.45, 2.75) is 47.1 Å². The maximum atomic E-state index is 12.1. The quantitative estimate of drug-likeness (QED) is 0.810. The molecule has 1 unspecified atom stereocenters. The van der Waals surface area contributed by atoms with Crippen LogP contribution in [0.5, 0.6) is 0 Å². The van der Waals surface area contributed by atoms with Gasteiger partial charge in [0, 0.05) is 19.5 Å². The Morgan fingerprint density at radius 1 is 1.41 bits per heavy atom. The van der Waals surface area contributed by atoms with Crippen molar-refractivity contribution in [2.24, 2.45) is 11.3 Å². The van der Waals surface area contributed by atoms with Gasteiger partial charge >= 0.3 is 0 Å². The van der Waals surface area contributed by atoms with Gasteiger partial charge in [-0.3, -0.25) is 9.59 Å². The van der Waals surface area contributed by atoms with Gasteiger partial charge < -0.3 is 10.2 Å². The highest BCUT2D eigenvalue weighted by atomic mass is 16.2. The summed E-state index contributed by atoms with van der Waals surface area (Å²) in [6, 6.07) is -0.395. The van der Waals surface area contributed by atoms with Crippen LogP contribution in [-0.4, -0.2) is 35.8 Å². The SMILES string of the molecule is CC1NC(=O)CCN(CC(C)(C)C(C)C)C1=O. The van der Waals surface area contributed by atoms with Crippen molar-refractivity contribution in [3.63, 3.8) is 0 Å². The summed E-state index contributed by atoms with van der Waals surface area (Å²) in [5.41, 5.74) is 0.0722. The molecule has 2 amide bonds. The molecule has 1 fully saturated rings. The van der Waals surface area contributed by atoms with E-state index in [9.17, 15) is 9.59 Å². The monoisotopic (exact) mass is 240 g/mol. The van der Waals surface area contributed by atoms with Gasteiger partial charge in [0.15, 0.2) is 0 Å². The Labute approximate surface area is 104 Å². The summed E-state index contributed by atoms with van der Waals surface area (Å²) >= 11 is 0. The van der Waals surface area contributed by atoms with Gasteiger partial charge in [-0.1, -0.05) is 27.7 Å². The average Bonchev–Trinajstić information content (AvgIpc) is 2.31. The molecule has 1 saturated heterocycles. The zero-order valence-electron chi connectivity index (χ0n) is 11.5. The number of hydrogen-bond donors (Lipinski definition) is 1. The Morgan fingerprint density at radius 2 is 2.00 bits per heavy atom. The van der Waals surface area contributed by atoms with E-state index in [0.717, 1.165) is 0 Å². The van der Waals surface area contributed by atoms with Gasteiger partial charge in [0.2, 0.25) is 11.8 Å². The van der Waals surface area contributed by atoms with Crippen molar-refractivity contribution in [2.75, 3.05) is 13.1 Å².